The van der Waals surface area contributed by atoms with Crippen molar-refractivity contribution in [2.24, 2.45) is 4.99 Å². The number of ether oxygens (including phenoxy) is 2. The van der Waals surface area contributed by atoms with Crippen LogP contribution in [0, 0.1) is 0 Å². The molecule has 0 radical (unpaired) electrons. The van der Waals surface area contributed by atoms with Crippen LogP contribution in [0.15, 0.2) is 29.3 Å². The van der Waals surface area contributed by atoms with Crippen LogP contribution in [0.2, 0.25) is 0 Å². The number of thioether (sulfide) groups is 1. The lowest BCUT2D eigenvalue weighted by atomic mass is 9.95. The Hall–Kier alpha value is -1.44. The van der Waals surface area contributed by atoms with E-state index in [-0.39, 0.29) is 5.54 Å². The first-order valence-corrected chi connectivity index (χ1v) is 10.8. The number of aliphatic imine (C=N–C) groups is 1. The highest BCUT2D eigenvalue weighted by Gasteiger charge is 2.40. The maximum Gasteiger partial charge on any atom is 0.193 e. The number of hydrogen-bond donors (Lipinski definition) is 1. The fraction of sp³-hybridized carbons (Fsp3) is 0.650. The van der Waals surface area contributed by atoms with E-state index in [9.17, 15) is 0 Å². The lowest BCUT2D eigenvalue weighted by Gasteiger charge is -2.43. The van der Waals surface area contributed by atoms with E-state index in [1.165, 1.54) is 23.5 Å². The van der Waals surface area contributed by atoms with Crippen molar-refractivity contribution in [2.45, 2.75) is 18.5 Å². The minimum Gasteiger partial charge on any atom is -0.497 e. The van der Waals surface area contributed by atoms with Crippen LogP contribution in [-0.2, 0) is 11.3 Å². The monoisotopic (exact) mass is 392 g/mol. The van der Waals surface area contributed by atoms with Gasteiger partial charge in [0.2, 0.25) is 0 Å². The predicted octanol–water partition coefficient (Wildman–Crippen LogP) is 1.91. The number of hydrogen-bond acceptors (Lipinski definition) is 5. The zero-order valence-electron chi connectivity index (χ0n) is 16.7. The molecule has 2 saturated heterocycles. The Morgan fingerprint density at radius 3 is 2.67 bits per heavy atom. The number of guanidine groups is 1. The highest BCUT2D eigenvalue weighted by atomic mass is 32.2. The molecule has 0 spiro atoms. The molecule has 2 fully saturated rings. The van der Waals surface area contributed by atoms with Gasteiger partial charge in [-0.2, -0.15) is 11.8 Å². The van der Waals surface area contributed by atoms with E-state index in [1.807, 2.05) is 19.2 Å². The molecule has 0 saturated carbocycles. The van der Waals surface area contributed by atoms with Gasteiger partial charge in [0, 0.05) is 51.6 Å². The van der Waals surface area contributed by atoms with Gasteiger partial charge in [-0.05, 0) is 29.9 Å². The van der Waals surface area contributed by atoms with Gasteiger partial charge >= 0.3 is 0 Å². The van der Waals surface area contributed by atoms with Crippen molar-refractivity contribution >= 4 is 17.7 Å². The molecule has 3 rings (SSSR count). The zero-order valence-corrected chi connectivity index (χ0v) is 17.6. The number of nitrogens with one attached hydrogen (secondary N) is 1. The summed E-state index contributed by atoms with van der Waals surface area (Å²) in [5, 5.41) is 3.65. The van der Waals surface area contributed by atoms with Crippen molar-refractivity contribution in [3.63, 3.8) is 0 Å². The first-order valence-electron chi connectivity index (χ1n) is 9.62. The minimum atomic E-state index is 0.214. The van der Waals surface area contributed by atoms with Gasteiger partial charge in [-0.25, -0.2) is 0 Å². The molecule has 1 atom stereocenters. The standard InChI is InChI=1S/C20H32N4O2S/c1-21-19(23(2)14-17-4-6-18(25-3)7-5-17)22-15-20(8-13-27-16-20)24-9-11-26-12-10-24/h4-7H,8-16H2,1-3H3,(H,21,22). The SMILES string of the molecule is CN=C(NCC1(N2CCOCC2)CCSC1)N(C)Cc1ccc(OC)cc1. The molecule has 0 bridgehead atoms. The van der Waals surface area contributed by atoms with Gasteiger partial charge in [0.25, 0.3) is 0 Å². The van der Waals surface area contributed by atoms with Crippen molar-refractivity contribution in [2.75, 3.05) is 65.6 Å². The minimum absolute atomic E-state index is 0.214. The Bertz CT molecular complexity index is 611. The molecule has 2 heterocycles. The topological polar surface area (TPSA) is 49.3 Å². The van der Waals surface area contributed by atoms with Crippen LogP contribution in [0.4, 0.5) is 0 Å². The van der Waals surface area contributed by atoms with Gasteiger partial charge < -0.3 is 19.7 Å². The summed E-state index contributed by atoms with van der Waals surface area (Å²) in [6.07, 6.45) is 1.23. The Kier molecular flexibility index (Phi) is 7.26. The average molecular weight is 393 g/mol. The summed E-state index contributed by atoms with van der Waals surface area (Å²) in [6, 6.07) is 8.21. The third-order valence-corrected chi connectivity index (χ3v) is 6.73. The number of morpholine rings is 1. The van der Waals surface area contributed by atoms with Crippen LogP contribution < -0.4 is 10.1 Å². The molecule has 1 unspecified atom stereocenters. The number of methoxy groups -OCH3 is 1. The maximum absolute atomic E-state index is 5.56. The van der Waals surface area contributed by atoms with Crippen LogP contribution in [0.3, 0.4) is 0 Å². The maximum atomic E-state index is 5.56. The molecular formula is C20H32N4O2S. The second kappa shape index (κ2) is 9.66. The summed E-state index contributed by atoms with van der Waals surface area (Å²) in [7, 11) is 5.64. The van der Waals surface area contributed by atoms with E-state index in [0.29, 0.717) is 0 Å². The lowest BCUT2D eigenvalue weighted by Crippen LogP contribution is -2.60. The molecule has 27 heavy (non-hydrogen) atoms. The molecule has 7 heteroatoms. The second-order valence-corrected chi connectivity index (χ2v) is 8.34. The molecule has 0 aliphatic carbocycles. The van der Waals surface area contributed by atoms with E-state index < -0.39 is 0 Å². The molecular weight excluding hydrogens is 360 g/mol. The Morgan fingerprint density at radius 2 is 2.07 bits per heavy atom. The molecule has 1 aromatic rings. The molecule has 2 aliphatic rings. The first-order chi connectivity index (χ1) is 13.2. The number of nitrogens with zero attached hydrogens (tertiary/aromatic N) is 3. The summed E-state index contributed by atoms with van der Waals surface area (Å²) in [6.45, 7) is 5.49. The van der Waals surface area contributed by atoms with E-state index in [4.69, 9.17) is 9.47 Å². The second-order valence-electron chi connectivity index (χ2n) is 7.23. The molecule has 150 valence electrons. The van der Waals surface area contributed by atoms with Crippen LogP contribution in [-0.4, -0.2) is 86.9 Å². The van der Waals surface area contributed by atoms with Crippen LogP contribution >= 0.6 is 11.8 Å². The van der Waals surface area contributed by atoms with Gasteiger partial charge in [-0.15, -0.1) is 0 Å². The van der Waals surface area contributed by atoms with Gasteiger partial charge in [0.1, 0.15) is 5.75 Å². The molecule has 6 nitrogen and oxygen atoms in total. The first kappa shape index (κ1) is 20.3. The molecule has 0 amide bonds. The quantitative estimate of drug-likeness (QED) is 0.590. The largest absolute Gasteiger partial charge is 0.497 e. The van der Waals surface area contributed by atoms with Crippen LogP contribution in [0.25, 0.3) is 0 Å². The summed E-state index contributed by atoms with van der Waals surface area (Å²) in [4.78, 5) is 9.31. The molecule has 1 aromatic carbocycles. The smallest absolute Gasteiger partial charge is 0.193 e. The van der Waals surface area contributed by atoms with Crippen LogP contribution in [0.1, 0.15) is 12.0 Å². The average Bonchev–Trinajstić information content (AvgIpc) is 3.20. The normalized spacial score (nSPS) is 24.0. The van der Waals surface area contributed by atoms with E-state index >= 15 is 0 Å². The highest BCUT2D eigenvalue weighted by Crippen LogP contribution is 2.33. The molecule has 2 aliphatic heterocycles. The van der Waals surface area contributed by atoms with Gasteiger partial charge in [0.05, 0.1) is 20.3 Å². The van der Waals surface area contributed by atoms with Gasteiger partial charge in [0.15, 0.2) is 5.96 Å². The number of rotatable bonds is 6. The third kappa shape index (κ3) is 5.09. The van der Waals surface area contributed by atoms with E-state index in [0.717, 1.165) is 51.1 Å². The van der Waals surface area contributed by atoms with Crippen molar-refractivity contribution in [3.8, 4) is 5.75 Å². The van der Waals surface area contributed by atoms with E-state index in [1.54, 1.807) is 7.11 Å². The summed E-state index contributed by atoms with van der Waals surface area (Å²) in [5.41, 5.74) is 1.45. The van der Waals surface area contributed by atoms with Crippen molar-refractivity contribution in [3.05, 3.63) is 29.8 Å². The summed E-state index contributed by atoms with van der Waals surface area (Å²) < 4.78 is 10.8. The van der Waals surface area contributed by atoms with Gasteiger partial charge in [-0.3, -0.25) is 9.89 Å². The Balaban J connectivity index is 1.59. The Labute approximate surface area is 167 Å². The van der Waals surface area contributed by atoms with Crippen LogP contribution in [0.5, 0.6) is 5.75 Å². The van der Waals surface area contributed by atoms with Crippen molar-refractivity contribution in [1.82, 2.24) is 15.1 Å². The van der Waals surface area contributed by atoms with Gasteiger partial charge in [-0.1, -0.05) is 12.1 Å². The van der Waals surface area contributed by atoms with E-state index in [2.05, 4.69) is 51.1 Å². The zero-order chi connectivity index (χ0) is 19.1. The third-order valence-electron chi connectivity index (χ3n) is 5.49. The van der Waals surface area contributed by atoms with Crippen molar-refractivity contribution in [1.29, 1.82) is 0 Å². The predicted molar refractivity (Wildman–Crippen MR) is 113 cm³/mol. The summed E-state index contributed by atoms with van der Waals surface area (Å²) >= 11 is 2.06. The van der Waals surface area contributed by atoms with Crippen molar-refractivity contribution < 1.29 is 9.47 Å². The fourth-order valence-electron chi connectivity index (χ4n) is 3.84. The Morgan fingerprint density at radius 1 is 1.33 bits per heavy atom. The number of benzene rings is 1. The fourth-order valence-corrected chi connectivity index (χ4v) is 5.32. The molecule has 1 N–H and O–H groups in total. The highest BCUT2D eigenvalue weighted by molar-refractivity contribution is 7.99. The molecule has 0 aromatic heterocycles. The lowest BCUT2D eigenvalue weighted by molar-refractivity contribution is -0.0121. The summed E-state index contributed by atoms with van der Waals surface area (Å²) in [5.74, 6) is 4.24.